The molecule has 142 valence electrons. The number of nitriles is 1. The minimum Gasteiger partial charge on any atom is -0.607 e. The van der Waals surface area contributed by atoms with Gasteiger partial charge in [-0.25, -0.2) is 17.2 Å². The Balaban J connectivity index is 2.21. The molecule has 0 bridgehead atoms. The molecule has 3 rings (SSSR count). The van der Waals surface area contributed by atoms with E-state index in [1.807, 2.05) is 0 Å². The molecule has 1 aliphatic heterocycles. The molecule has 1 aliphatic rings. The third kappa shape index (κ3) is 3.24. The van der Waals surface area contributed by atoms with E-state index in [0.717, 1.165) is 30.3 Å². The van der Waals surface area contributed by atoms with E-state index in [1.54, 1.807) is 6.07 Å². The second-order valence-corrected chi connectivity index (χ2v) is 9.13. The summed E-state index contributed by atoms with van der Waals surface area (Å²) in [7, 11) is -4.09. The number of hydrogen-bond donors (Lipinski definition) is 0. The normalized spacial score (nSPS) is 20.8. The molecule has 0 unspecified atom stereocenters. The van der Waals surface area contributed by atoms with Gasteiger partial charge in [-0.3, -0.25) is 0 Å². The highest BCUT2D eigenvalue weighted by molar-refractivity contribution is 7.95. The molecule has 2 atom stereocenters. The number of ether oxygens (including phenoxy) is 1. The third-order valence-electron chi connectivity index (χ3n) is 3.73. The standard InChI is InChI=1S/C16H9F4NO4S2/c1-27(23,24)12-3-2-11(13-14(12)26(22)16(19,20)15(13)18)25-10-5-8(7-21)4-9(17)6-10/h2-6,15H,1H3/t15-,26-/m1/s1. The number of alkyl halides is 3. The van der Waals surface area contributed by atoms with Crippen molar-refractivity contribution in [3.8, 4) is 17.6 Å². The highest BCUT2D eigenvalue weighted by atomic mass is 32.2. The van der Waals surface area contributed by atoms with Crippen molar-refractivity contribution in [2.24, 2.45) is 0 Å². The first-order chi connectivity index (χ1) is 12.5. The fraction of sp³-hybridized carbons (Fsp3) is 0.188. The van der Waals surface area contributed by atoms with Gasteiger partial charge in [-0.1, -0.05) is 0 Å². The number of hydrogen-bond acceptors (Lipinski definition) is 5. The third-order valence-corrected chi connectivity index (χ3v) is 6.51. The van der Waals surface area contributed by atoms with Crippen LogP contribution in [0.15, 0.2) is 40.1 Å². The summed E-state index contributed by atoms with van der Waals surface area (Å²) in [5.41, 5.74) is -1.02. The van der Waals surface area contributed by atoms with E-state index in [-0.39, 0.29) is 11.3 Å². The SMILES string of the molecule is CS(=O)(=O)c1ccc(Oc2cc(F)cc(C#N)c2)c2c1[S@@+]([O-])C(F)(F)[C@@H]2F. The molecule has 0 amide bonds. The lowest BCUT2D eigenvalue weighted by molar-refractivity contribution is 0.00940. The Kier molecular flexibility index (Phi) is 4.62. The molecule has 0 N–H and O–H groups in total. The molecule has 0 fully saturated rings. The van der Waals surface area contributed by atoms with Crippen LogP contribution in [0.25, 0.3) is 0 Å². The summed E-state index contributed by atoms with van der Waals surface area (Å²) in [6.07, 6.45) is -2.38. The lowest BCUT2D eigenvalue weighted by atomic mass is 10.1. The first kappa shape index (κ1) is 19.5. The maximum Gasteiger partial charge on any atom is 0.447 e. The van der Waals surface area contributed by atoms with Crippen LogP contribution in [0.3, 0.4) is 0 Å². The molecule has 27 heavy (non-hydrogen) atoms. The first-order valence-corrected chi connectivity index (χ1v) is 10.2. The number of fused-ring (bicyclic) bond motifs is 1. The molecule has 0 radical (unpaired) electrons. The average Bonchev–Trinajstić information content (AvgIpc) is 2.75. The summed E-state index contributed by atoms with van der Waals surface area (Å²) in [4.78, 5) is -1.59. The van der Waals surface area contributed by atoms with Crippen LogP contribution in [-0.4, -0.2) is 24.5 Å². The van der Waals surface area contributed by atoms with Gasteiger partial charge in [0.1, 0.15) is 22.2 Å². The van der Waals surface area contributed by atoms with Crippen LogP contribution in [0.1, 0.15) is 17.3 Å². The molecule has 11 heteroatoms. The molecule has 5 nitrogen and oxygen atoms in total. The van der Waals surface area contributed by atoms with E-state index in [0.29, 0.717) is 6.26 Å². The van der Waals surface area contributed by atoms with Crippen molar-refractivity contribution in [1.29, 1.82) is 5.26 Å². The number of halogens is 4. The number of rotatable bonds is 3. The van der Waals surface area contributed by atoms with Gasteiger partial charge >= 0.3 is 5.25 Å². The Hall–Kier alpha value is -2.29. The van der Waals surface area contributed by atoms with Gasteiger partial charge in [-0.05, 0) is 24.3 Å². The Morgan fingerprint density at radius 1 is 1.30 bits per heavy atom. The number of nitrogens with zero attached hydrogens (tertiary/aromatic N) is 1. The van der Waals surface area contributed by atoms with Gasteiger partial charge in [-0.2, -0.15) is 14.0 Å². The van der Waals surface area contributed by atoms with Gasteiger partial charge in [-0.15, -0.1) is 0 Å². The van der Waals surface area contributed by atoms with Crippen molar-refractivity contribution in [1.82, 2.24) is 0 Å². The quantitative estimate of drug-likeness (QED) is 0.560. The zero-order chi connectivity index (χ0) is 20.1. The Morgan fingerprint density at radius 2 is 1.96 bits per heavy atom. The van der Waals surface area contributed by atoms with E-state index in [4.69, 9.17) is 10.00 Å². The highest BCUT2D eigenvalue weighted by Gasteiger charge is 2.64. The van der Waals surface area contributed by atoms with E-state index in [1.165, 1.54) is 0 Å². The fourth-order valence-corrected chi connectivity index (χ4v) is 5.26. The second kappa shape index (κ2) is 6.40. The summed E-state index contributed by atoms with van der Waals surface area (Å²) in [5.74, 6) is -1.71. The van der Waals surface area contributed by atoms with Gasteiger partial charge in [0.2, 0.25) is 6.17 Å². The van der Waals surface area contributed by atoms with E-state index in [9.17, 15) is 30.5 Å². The highest BCUT2D eigenvalue weighted by Crippen LogP contribution is 2.56. The molecule has 1 heterocycles. The Labute approximate surface area is 154 Å². The molecule has 0 spiro atoms. The second-order valence-electron chi connectivity index (χ2n) is 5.66. The van der Waals surface area contributed by atoms with Crippen LogP contribution >= 0.6 is 0 Å². The molecule has 0 aliphatic carbocycles. The van der Waals surface area contributed by atoms with Gasteiger partial charge in [0, 0.05) is 12.3 Å². The van der Waals surface area contributed by atoms with E-state index < -0.39 is 59.4 Å². The predicted molar refractivity (Wildman–Crippen MR) is 85.9 cm³/mol. The van der Waals surface area contributed by atoms with Crippen molar-refractivity contribution in [2.45, 2.75) is 21.2 Å². The van der Waals surface area contributed by atoms with Gasteiger partial charge in [0.15, 0.2) is 14.7 Å². The van der Waals surface area contributed by atoms with E-state index >= 15 is 0 Å². The maximum atomic E-state index is 14.4. The van der Waals surface area contributed by atoms with Gasteiger partial charge < -0.3 is 9.29 Å². The molecular formula is C16H9F4NO4S2. The van der Waals surface area contributed by atoms with Crippen molar-refractivity contribution < 1.29 is 35.3 Å². The van der Waals surface area contributed by atoms with E-state index in [2.05, 4.69) is 0 Å². The van der Waals surface area contributed by atoms with Crippen molar-refractivity contribution in [3.05, 3.63) is 47.3 Å². The van der Waals surface area contributed by atoms with Crippen LogP contribution in [0.5, 0.6) is 11.5 Å². The zero-order valence-corrected chi connectivity index (χ0v) is 15.0. The fourth-order valence-electron chi connectivity index (χ4n) is 2.58. The maximum absolute atomic E-state index is 14.4. The molecule has 2 aromatic rings. The lowest BCUT2D eigenvalue weighted by Crippen LogP contribution is -2.27. The first-order valence-electron chi connectivity index (χ1n) is 7.16. The monoisotopic (exact) mass is 419 g/mol. The van der Waals surface area contributed by atoms with Gasteiger partial charge in [0.05, 0.1) is 28.4 Å². The van der Waals surface area contributed by atoms with Crippen LogP contribution in [0.2, 0.25) is 0 Å². The van der Waals surface area contributed by atoms with Crippen LogP contribution in [0, 0.1) is 17.1 Å². The van der Waals surface area contributed by atoms with Crippen molar-refractivity contribution >= 4 is 21.0 Å². The summed E-state index contributed by atoms with van der Waals surface area (Å²) >= 11 is -3.27. The Bertz CT molecular complexity index is 1080. The molecule has 0 aromatic heterocycles. The summed E-state index contributed by atoms with van der Waals surface area (Å²) in [6.45, 7) is 0. The molecular weight excluding hydrogens is 410 g/mol. The summed E-state index contributed by atoms with van der Waals surface area (Å²) in [5, 5.41) is 4.48. The largest absolute Gasteiger partial charge is 0.607 e. The van der Waals surface area contributed by atoms with Crippen molar-refractivity contribution in [2.75, 3.05) is 6.26 Å². The number of benzene rings is 2. The minimum atomic E-state index is -4.36. The predicted octanol–water partition coefficient (Wildman–Crippen LogP) is 3.62. The summed E-state index contributed by atoms with van der Waals surface area (Å²) < 4.78 is 96.7. The zero-order valence-electron chi connectivity index (χ0n) is 13.4. The van der Waals surface area contributed by atoms with Crippen LogP contribution in [-0.2, 0) is 21.0 Å². The Morgan fingerprint density at radius 3 is 2.56 bits per heavy atom. The smallest absolute Gasteiger partial charge is 0.447 e. The summed E-state index contributed by atoms with van der Waals surface area (Å²) in [6, 6.07) is 6.24. The van der Waals surface area contributed by atoms with Crippen molar-refractivity contribution in [3.63, 3.8) is 0 Å². The van der Waals surface area contributed by atoms with Crippen LogP contribution in [0.4, 0.5) is 17.6 Å². The van der Waals surface area contributed by atoms with Gasteiger partial charge in [0.25, 0.3) is 0 Å². The average molecular weight is 419 g/mol. The molecule has 2 aromatic carbocycles. The molecule has 0 saturated carbocycles. The minimum absolute atomic E-state index is 0.139. The number of sulfone groups is 1. The van der Waals surface area contributed by atoms with Crippen LogP contribution < -0.4 is 4.74 Å². The topological polar surface area (TPSA) is 90.2 Å². The lowest BCUT2D eigenvalue weighted by Gasteiger charge is -2.13. The molecule has 0 saturated heterocycles.